The monoisotopic (exact) mass is 348 g/mol. The van der Waals surface area contributed by atoms with E-state index in [9.17, 15) is 9.59 Å². The lowest BCUT2D eigenvalue weighted by atomic mass is 10.0. The average Bonchev–Trinajstić information content (AvgIpc) is 2.99. The summed E-state index contributed by atoms with van der Waals surface area (Å²) in [5.41, 5.74) is 3.51. The summed E-state index contributed by atoms with van der Waals surface area (Å²) in [6.45, 7) is 4.25. The van der Waals surface area contributed by atoms with Crippen molar-refractivity contribution < 1.29 is 9.59 Å². The van der Waals surface area contributed by atoms with E-state index in [0.717, 1.165) is 16.7 Å². The molecule has 26 heavy (non-hydrogen) atoms. The summed E-state index contributed by atoms with van der Waals surface area (Å²) in [6.07, 6.45) is 0.0866. The van der Waals surface area contributed by atoms with Crippen LogP contribution in [0.1, 0.15) is 37.8 Å². The Balaban J connectivity index is 1.65. The molecule has 0 saturated carbocycles. The van der Waals surface area contributed by atoms with Gasteiger partial charge in [-0.15, -0.1) is 0 Å². The Hall–Kier alpha value is -3.15. The van der Waals surface area contributed by atoms with Crippen LogP contribution < -0.4 is 10.6 Å². The minimum absolute atomic E-state index is 0.0866. The van der Waals surface area contributed by atoms with E-state index >= 15 is 0 Å². The van der Waals surface area contributed by atoms with Crippen LogP contribution >= 0.6 is 0 Å². The number of imidazole rings is 1. The molecule has 0 aliphatic carbocycles. The van der Waals surface area contributed by atoms with Crippen LogP contribution in [-0.2, 0) is 9.59 Å². The molecular formula is C20H20N4O2. The zero-order valence-electron chi connectivity index (χ0n) is 14.7. The Labute approximate surface area is 151 Å². The second-order valence-electron chi connectivity index (χ2n) is 6.83. The molecule has 1 atom stereocenters. The Kier molecular flexibility index (Phi) is 3.95. The highest BCUT2D eigenvalue weighted by Crippen LogP contribution is 2.31. The van der Waals surface area contributed by atoms with Gasteiger partial charge in [-0.05, 0) is 35.7 Å². The zero-order valence-corrected chi connectivity index (χ0v) is 14.7. The predicted molar refractivity (Wildman–Crippen MR) is 101 cm³/mol. The summed E-state index contributed by atoms with van der Waals surface area (Å²) in [5, 5.41) is 5.68. The number of para-hydroxylation sites is 2. The molecular weight excluding hydrogens is 328 g/mol. The fraction of sp³-hybridized carbons (Fsp3) is 0.250. The van der Waals surface area contributed by atoms with E-state index < -0.39 is 6.04 Å². The predicted octanol–water partition coefficient (Wildman–Crippen LogP) is 3.68. The number of nitrogens with zero attached hydrogens (tertiary/aromatic N) is 2. The summed E-state index contributed by atoms with van der Waals surface area (Å²) < 4.78 is 1.80. The third-order valence-electron chi connectivity index (χ3n) is 4.68. The first-order valence-electron chi connectivity index (χ1n) is 8.70. The molecule has 2 amide bonds. The minimum Gasteiger partial charge on any atom is -0.324 e. The lowest BCUT2D eigenvalue weighted by molar-refractivity contribution is -0.124. The molecule has 0 unspecified atom stereocenters. The van der Waals surface area contributed by atoms with Gasteiger partial charge in [0.25, 0.3) is 0 Å². The van der Waals surface area contributed by atoms with Crippen molar-refractivity contribution >= 4 is 34.5 Å². The number of fused-ring (bicyclic) bond motifs is 3. The second kappa shape index (κ2) is 6.29. The molecule has 0 fully saturated rings. The molecule has 2 heterocycles. The first-order chi connectivity index (χ1) is 12.5. The Morgan fingerprint density at radius 3 is 2.65 bits per heavy atom. The summed E-state index contributed by atoms with van der Waals surface area (Å²) in [4.78, 5) is 29.4. The fourth-order valence-electron chi connectivity index (χ4n) is 3.28. The molecule has 1 aliphatic rings. The first-order valence-corrected chi connectivity index (χ1v) is 8.70. The van der Waals surface area contributed by atoms with E-state index in [2.05, 4.69) is 29.5 Å². The molecule has 0 spiro atoms. The van der Waals surface area contributed by atoms with Crippen molar-refractivity contribution in [2.45, 2.75) is 32.2 Å². The van der Waals surface area contributed by atoms with E-state index in [1.807, 2.05) is 48.5 Å². The number of hydrogen-bond acceptors (Lipinski definition) is 3. The number of aromatic nitrogens is 2. The summed E-state index contributed by atoms with van der Waals surface area (Å²) >= 11 is 0. The maximum absolute atomic E-state index is 12.9. The number of carbonyl (C=O) groups excluding carboxylic acids is 2. The number of amides is 2. The van der Waals surface area contributed by atoms with E-state index in [1.54, 1.807) is 4.57 Å². The Morgan fingerprint density at radius 2 is 1.92 bits per heavy atom. The topological polar surface area (TPSA) is 76.0 Å². The summed E-state index contributed by atoms with van der Waals surface area (Å²) in [7, 11) is 0. The van der Waals surface area contributed by atoms with Gasteiger partial charge >= 0.3 is 0 Å². The molecule has 2 N–H and O–H groups in total. The number of nitrogens with one attached hydrogen (secondary N) is 2. The molecule has 1 aliphatic heterocycles. The van der Waals surface area contributed by atoms with Crippen LogP contribution in [0.4, 0.5) is 11.6 Å². The van der Waals surface area contributed by atoms with E-state index in [0.29, 0.717) is 11.9 Å². The van der Waals surface area contributed by atoms with Crippen LogP contribution in [0.5, 0.6) is 0 Å². The third-order valence-corrected chi connectivity index (χ3v) is 4.68. The van der Waals surface area contributed by atoms with Crippen LogP contribution in [0, 0.1) is 0 Å². The lowest BCUT2D eigenvalue weighted by Gasteiger charge is -2.25. The Bertz CT molecular complexity index is 989. The smallest absolute Gasteiger partial charge is 0.248 e. The van der Waals surface area contributed by atoms with Crippen molar-refractivity contribution in [1.29, 1.82) is 0 Å². The molecule has 0 radical (unpaired) electrons. The van der Waals surface area contributed by atoms with Crippen LogP contribution in [0.2, 0.25) is 0 Å². The normalized spacial score (nSPS) is 16.4. The van der Waals surface area contributed by atoms with Crippen molar-refractivity contribution in [3.05, 3.63) is 54.1 Å². The molecule has 0 saturated heterocycles. The highest BCUT2D eigenvalue weighted by Gasteiger charge is 2.32. The van der Waals surface area contributed by atoms with Gasteiger partial charge in [0.15, 0.2) is 0 Å². The van der Waals surface area contributed by atoms with E-state index in [1.165, 1.54) is 5.56 Å². The quantitative estimate of drug-likeness (QED) is 0.758. The second-order valence-corrected chi connectivity index (χ2v) is 6.83. The van der Waals surface area contributed by atoms with Gasteiger partial charge in [0.05, 0.1) is 17.5 Å². The number of anilines is 2. The van der Waals surface area contributed by atoms with Crippen LogP contribution in [0.25, 0.3) is 11.0 Å². The van der Waals surface area contributed by atoms with Gasteiger partial charge in [0, 0.05) is 5.69 Å². The van der Waals surface area contributed by atoms with E-state index in [4.69, 9.17) is 0 Å². The molecule has 2 aromatic carbocycles. The van der Waals surface area contributed by atoms with Gasteiger partial charge in [-0.1, -0.05) is 38.1 Å². The highest BCUT2D eigenvalue weighted by molar-refractivity contribution is 6.02. The number of benzene rings is 2. The highest BCUT2D eigenvalue weighted by atomic mass is 16.2. The average molecular weight is 348 g/mol. The molecule has 0 bridgehead atoms. The molecule has 4 rings (SSSR count). The van der Waals surface area contributed by atoms with Crippen molar-refractivity contribution in [1.82, 2.24) is 9.55 Å². The minimum atomic E-state index is -0.629. The van der Waals surface area contributed by atoms with Crippen molar-refractivity contribution in [2.75, 3.05) is 10.6 Å². The van der Waals surface area contributed by atoms with Crippen LogP contribution in [0.3, 0.4) is 0 Å². The molecule has 132 valence electrons. The fourth-order valence-corrected chi connectivity index (χ4v) is 3.28. The van der Waals surface area contributed by atoms with Crippen LogP contribution in [-0.4, -0.2) is 21.4 Å². The Morgan fingerprint density at radius 1 is 1.19 bits per heavy atom. The number of rotatable bonds is 3. The van der Waals surface area contributed by atoms with Gasteiger partial charge in [-0.2, -0.15) is 0 Å². The van der Waals surface area contributed by atoms with Crippen molar-refractivity contribution in [3.63, 3.8) is 0 Å². The van der Waals surface area contributed by atoms with Crippen molar-refractivity contribution in [2.24, 2.45) is 0 Å². The standard InChI is InChI=1S/C20H20N4O2/c1-12(2)13-7-9-14(10-8-13)21-19(26)17-11-18(25)23-20-22-15-5-3-4-6-16(15)24(17)20/h3-10,12,17H,11H2,1-2H3,(H,21,26)(H,22,23,25)/t17-/m1/s1. The van der Waals surface area contributed by atoms with Gasteiger partial charge in [0.2, 0.25) is 17.8 Å². The van der Waals surface area contributed by atoms with Gasteiger partial charge in [0.1, 0.15) is 6.04 Å². The van der Waals surface area contributed by atoms with Crippen molar-refractivity contribution in [3.8, 4) is 0 Å². The van der Waals surface area contributed by atoms with Crippen LogP contribution in [0.15, 0.2) is 48.5 Å². The lowest BCUT2D eigenvalue weighted by Crippen LogP contribution is -2.35. The third kappa shape index (κ3) is 2.83. The summed E-state index contributed by atoms with van der Waals surface area (Å²) in [6, 6.07) is 14.7. The molecule has 1 aromatic heterocycles. The van der Waals surface area contributed by atoms with Gasteiger partial charge in [-0.25, -0.2) is 4.98 Å². The molecule has 6 heteroatoms. The maximum Gasteiger partial charge on any atom is 0.248 e. The molecule has 3 aromatic rings. The first kappa shape index (κ1) is 16.3. The zero-order chi connectivity index (χ0) is 18.3. The SMILES string of the molecule is CC(C)c1ccc(NC(=O)[C@H]2CC(=O)Nc3nc4ccccc4n32)cc1. The molecule has 6 nitrogen and oxygen atoms in total. The summed E-state index contributed by atoms with van der Waals surface area (Å²) in [5.74, 6) is 0.420. The largest absolute Gasteiger partial charge is 0.324 e. The van der Waals surface area contributed by atoms with E-state index in [-0.39, 0.29) is 18.2 Å². The van der Waals surface area contributed by atoms with Gasteiger partial charge < -0.3 is 5.32 Å². The van der Waals surface area contributed by atoms with Gasteiger partial charge in [-0.3, -0.25) is 19.5 Å². The maximum atomic E-state index is 12.9. The number of hydrogen-bond donors (Lipinski definition) is 2. The number of carbonyl (C=O) groups is 2.